The minimum absolute atomic E-state index is 0.649. The van der Waals surface area contributed by atoms with Crippen LogP contribution in [0, 0.1) is 0 Å². The zero-order valence-corrected chi connectivity index (χ0v) is 9.36. The van der Waals surface area contributed by atoms with E-state index in [4.69, 9.17) is 4.74 Å². The zero-order valence-electron chi connectivity index (χ0n) is 9.36. The van der Waals surface area contributed by atoms with E-state index < -0.39 is 0 Å². The van der Waals surface area contributed by atoms with E-state index in [0.29, 0.717) is 5.88 Å². The molecule has 0 saturated carbocycles. The largest absolute Gasteiger partial charge is 0.481 e. The predicted octanol–water partition coefficient (Wildman–Crippen LogP) is 2.10. The third kappa shape index (κ3) is 4.61. The maximum absolute atomic E-state index is 4.98. The highest BCUT2D eigenvalue weighted by atomic mass is 16.5. The van der Waals surface area contributed by atoms with Crippen LogP contribution in [0.3, 0.4) is 0 Å². The van der Waals surface area contributed by atoms with Crippen LogP contribution in [0.15, 0.2) is 24.4 Å². The highest BCUT2D eigenvalue weighted by molar-refractivity contribution is 5.48. The minimum atomic E-state index is 0.649. The fourth-order valence-corrected chi connectivity index (χ4v) is 1.17. The molecule has 0 radical (unpaired) electrons. The molecule has 0 unspecified atom stereocenters. The first-order chi connectivity index (χ1) is 7.36. The molecule has 1 rings (SSSR count). The summed E-state index contributed by atoms with van der Waals surface area (Å²) in [5.74, 6) is 0.649. The molecule has 0 aliphatic carbocycles. The Morgan fingerprint density at radius 2 is 2.33 bits per heavy atom. The van der Waals surface area contributed by atoms with E-state index in [1.165, 1.54) is 0 Å². The monoisotopic (exact) mass is 206 g/mol. The van der Waals surface area contributed by atoms with Gasteiger partial charge in [0.05, 0.1) is 7.11 Å². The predicted molar refractivity (Wildman–Crippen MR) is 63.0 cm³/mol. The molecule has 0 amide bonds. The van der Waals surface area contributed by atoms with Gasteiger partial charge in [-0.15, -0.1) is 0 Å². The number of hydrogen-bond donors (Lipinski definition) is 1. The first-order valence-electron chi connectivity index (χ1n) is 5.24. The van der Waals surface area contributed by atoms with Crippen molar-refractivity contribution in [3.63, 3.8) is 0 Å². The molecule has 3 nitrogen and oxygen atoms in total. The van der Waals surface area contributed by atoms with Gasteiger partial charge in [-0.2, -0.15) is 0 Å². The van der Waals surface area contributed by atoms with Gasteiger partial charge in [-0.3, -0.25) is 0 Å². The van der Waals surface area contributed by atoms with Crippen molar-refractivity contribution >= 4 is 6.08 Å². The Morgan fingerprint density at radius 3 is 2.93 bits per heavy atom. The van der Waals surface area contributed by atoms with Crippen molar-refractivity contribution < 1.29 is 4.74 Å². The Hall–Kier alpha value is -1.35. The highest BCUT2D eigenvalue weighted by Gasteiger charge is 1.90. The van der Waals surface area contributed by atoms with Crippen molar-refractivity contribution in [1.29, 1.82) is 0 Å². The molecule has 0 spiro atoms. The van der Waals surface area contributed by atoms with Crippen LogP contribution in [-0.2, 0) is 0 Å². The minimum Gasteiger partial charge on any atom is -0.481 e. The topological polar surface area (TPSA) is 34.1 Å². The van der Waals surface area contributed by atoms with E-state index in [9.17, 15) is 0 Å². The third-order valence-corrected chi connectivity index (χ3v) is 1.97. The second kappa shape index (κ2) is 7.01. The normalized spacial score (nSPS) is 10.8. The molecule has 15 heavy (non-hydrogen) atoms. The summed E-state index contributed by atoms with van der Waals surface area (Å²) in [7, 11) is 1.62. The lowest BCUT2D eigenvalue weighted by molar-refractivity contribution is 0.398. The van der Waals surface area contributed by atoms with Crippen molar-refractivity contribution in [2.45, 2.75) is 13.3 Å². The second-order valence-electron chi connectivity index (χ2n) is 3.24. The zero-order chi connectivity index (χ0) is 10.9. The second-order valence-corrected chi connectivity index (χ2v) is 3.24. The highest BCUT2D eigenvalue weighted by Crippen LogP contribution is 2.07. The summed E-state index contributed by atoms with van der Waals surface area (Å²) in [5, 5.41) is 3.30. The lowest BCUT2D eigenvalue weighted by Crippen LogP contribution is -2.13. The summed E-state index contributed by atoms with van der Waals surface area (Å²) >= 11 is 0. The number of nitrogens with zero attached hydrogens (tertiary/aromatic N) is 1. The lowest BCUT2D eigenvalue weighted by atomic mass is 10.2. The first-order valence-corrected chi connectivity index (χ1v) is 5.24. The van der Waals surface area contributed by atoms with Gasteiger partial charge in [0, 0.05) is 18.8 Å². The van der Waals surface area contributed by atoms with Gasteiger partial charge in [-0.25, -0.2) is 4.98 Å². The van der Waals surface area contributed by atoms with Crippen LogP contribution in [0.2, 0.25) is 0 Å². The molecule has 0 saturated heterocycles. The molecule has 1 aromatic heterocycles. The number of methoxy groups -OCH3 is 1. The molecular weight excluding hydrogens is 188 g/mol. The fraction of sp³-hybridized carbons (Fsp3) is 0.417. The maximum Gasteiger partial charge on any atom is 0.212 e. The molecule has 0 aromatic carbocycles. The van der Waals surface area contributed by atoms with Gasteiger partial charge in [0.15, 0.2) is 0 Å². The summed E-state index contributed by atoms with van der Waals surface area (Å²) in [4.78, 5) is 4.12. The molecule has 1 aromatic rings. The number of aromatic nitrogens is 1. The van der Waals surface area contributed by atoms with Crippen molar-refractivity contribution in [1.82, 2.24) is 10.3 Å². The summed E-state index contributed by atoms with van der Waals surface area (Å²) in [6.07, 6.45) is 7.11. The van der Waals surface area contributed by atoms with E-state index >= 15 is 0 Å². The van der Waals surface area contributed by atoms with Crippen molar-refractivity contribution in [2.24, 2.45) is 0 Å². The van der Waals surface area contributed by atoms with E-state index in [-0.39, 0.29) is 0 Å². The Labute approximate surface area is 91.2 Å². The van der Waals surface area contributed by atoms with E-state index in [1.54, 1.807) is 13.3 Å². The van der Waals surface area contributed by atoms with Gasteiger partial charge in [0.25, 0.3) is 0 Å². The van der Waals surface area contributed by atoms with Crippen LogP contribution >= 0.6 is 0 Å². The van der Waals surface area contributed by atoms with Gasteiger partial charge >= 0.3 is 0 Å². The standard InChI is InChI=1S/C12H18N2O/c1-3-8-13-9-4-5-11-6-7-12(15-2)14-10-11/h4-7,10,13H,3,8-9H2,1-2H3/b5-4+. The van der Waals surface area contributed by atoms with Gasteiger partial charge in [-0.05, 0) is 24.6 Å². The number of nitrogens with one attached hydrogen (secondary N) is 1. The average molecular weight is 206 g/mol. The smallest absolute Gasteiger partial charge is 0.212 e. The van der Waals surface area contributed by atoms with Crippen LogP contribution in [-0.4, -0.2) is 25.2 Å². The van der Waals surface area contributed by atoms with E-state index in [0.717, 1.165) is 25.1 Å². The molecule has 1 N–H and O–H groups in total. The summed E-state index contributed by atoms with van der Waals surface area (Å²) in [5.41, 5.74) is 1.09. The van der Waals surface area contributed by atoms with E-state index in [1.807, 2.05) is 12.1 Å². The number of ether oxygens (including phenoxy) is 1. The third-order valence-electron chi connectivity index (χ3n) is 1.97. The summed E-state index contributed by atoms with van der Waals surface area (Å²) in [6.45, 7) is 4.12. The van der Waals surface area contributed by atoms with Crippen molar-refractivity contribution in [3.8, 4) is 5.88 Å². The summed E-state index contributed by atoms with van der Waals surface area (Å²) < 4.78 is 4.98. The van der Waals surface area contributed by atoms with Gasteiger partial charge < -0.3 is 10.1 Å². The lowest BCUT2D eigenvalue weighted by Gasteiger charge is -1.98. The van der Waals surface area contributed by atoms with Gasteiger partial charge in [-0.1, -0.05) is 19.1 Å². The van der Waals surface area contributed by atoms with Gasteiger partial charge in [0.2, 0.25) is 5.88 Å². The molecule has 0 aliphatic heterocycles. The Balaban J connectivity index is 2.36. The molecular formula is C12H18N2O. The number of rotatable bonds is 6. The molecule has 0 aliphatic rings. The van der Waals surface area contributed by atoms with Crippen LogP contribution in [0.5, 0.6) is 5.88 Å². The fourth-order valence-electron chi connectivity index (χ4n) is 1.17. The molecule has 0 bridgehead atoms. The molecule has 0 fully saturated rings. The Kier molecular flexibility index (Phi) is 5.48. The molecule has 3 heteroatoms. The van der Waals surface area contributed by atoms with Crippen LogP contribution < -0.4 is 10.1 Å². The number of hydrogen-bond acceptors (Lipinski definition) is 3. The molecule has 82 valence electrons. The van der Waals surface area contributed by atoms with Crippen molar-refractivity contribution in [3.05, 3.63) is 30.0 Å². The van der Waals surface area contributed by atoms with Crippen LogP contribution in [0.1, 0.15) is 18.9 Å². The quantitative estimate of drug-likeness (QED) is 0.724. The van der Waals surface area contributed by atoms with E-state index in [2.05, 4.69) is 29.4 Å². The maximum atomic E-state index is 4.98. The SMILES string of the molecule is CCCNC/C=C/c1ccc(OC)nc1. The number of pyridine rings is 1. The average Bonchev–Trinajstić information content (AvgIpc) is 2.30. The molecule has 0 atom stereocenters. The Bertz CT molecular complexity index is 293. The van der Waals surface area contributed by atoms with Gasteiger partial charge in [0.1, 0.15) is 0 Å². The summed E-state index contributed by atoms with van der Waals surface area (Å²) in [6, 6.07) is 3.85. The van der Waals surface area contributed by atoms with Crippen LogP contribution in [0.4, 0.5) is 0 Å². The first kappa shape index (κ1) is 11.7. The van der Waals surface area contributed by atoms with Crippen LogP contribution in [0.25, 0.3) is 6.08 Å². The molecule has 1 heterocycles. The Morgan fingerprint density at radius 1 is 1.47 bits per heavy atom. The van der Waals surface area contributed by atoms with Crippen molar-refractivity contribution in [2.75, 3.05) is 20.2 Å².